The summed E-state index contributed by atoms with van der Waals surface area (Å²) in [5, 5.41) is 0. The molecule has 4 heteroatoms. The molecule has 0 radical (unpaired) electrons. The lowest BCUT2D eigenvalue weighted by Crippen LogP contribution is -2.33. The van der Waals surface area contributed by atoms with Crippen LogP contribution in [0.15, 0.2) is 6.07 Å². The minimum absolute atomic E-state index is 0.138. The van der Waals surface area contributed by atoms with Crippen LogP contribution in [0.25, 0.3) is 0 Å². The number of rotatable bonds is 5. The molecular formula is C13H20ClNOS. The molecule has 0 aromatic carbocycles. The van der Waals surface area contributed by atoms with Gasteiger partial charge in [0.2, 0.25) is 0 Å². The summed E-state index contributed by atoms with van der Waals surface area (Å²) in [5.41, 5.74) is 7.36. The molecule has 1 aromatic heterocycles. The Hall–Kier alpha value is -0.0900. The van der Waals surface area contributed by atoms with Gasteiger partial charge in [-0.3, -0.25) is 0 Å². The molecule has 1 saturated carbocycles. The molecule has 1 aromatic rings. The number of hydrogen-bond acceptors (Lipinski definition) is 3. The summed E-state index contributed by atoms with van der Waals surface area (Å²) in [6.07, 6.45) is 3.87. The predicted octanol–water partition coefficient (Wildman–Crippen LogP) is 3.91. The number of ether oxygens (including phenoxy) is 1. The molecule has 0 bridgehead atoms. The molecule has 0 amide bonds. The highest BCUT2D eigenvalue weighted by molar-refractivity contribution is 7.16. The van der Waals surface area contributed by atoms with Crippen molar-refractivity contribution in [3.8, 4) is 0 Å². The molecule has 1 fully saturated rings. The van der Waals surface area contributed by atoms with E-state index < -0.39 is 0 Å². The van der Waals surface area contributed by atoms with E-state index in [2.05, 4.69) is 13.0 Å². The predicted molar refractivity (Wildman–Crippen MR) is 73.7 cm³/mol. The van der Waals surface area contributed by atoms with Crippen molar-refractivity contribution in [2.45, 2.75) is 45.3 Å². The van der Waals surface area contributed by atoms with Gasteiger partial charge >= 0.3 is 0 Å². The van der Waals surface area contributed by atoms with Crippen LogP contribution in [0.2, 0.25) is 4.34 Å². The smallest absolute Gasteiger partial charge is 0.0960 e. The van der Waals surface area contributed by atoms with Crippen LogP contribution < -0.4 is 5.73 Å². The molecule has 1 aliphatic carbocycles. The number of nitrogens with two attached hydrogens (primary N) is 1. The highest BCUT2D eigenvalue weighted by Crippen LogP contribution is 2.38. The van der Waals surface area contributed by atoms with Gasteiger partial charge in [0.05, 0.1) is 10.4 Å². The van der Waals surface area contributed by atoms with Crippen molar-refractivity contribution in [2.24, 2.45) is 11.7 Å². The highest BCUT2D eigenvalue weighted by Gasteiger charge is 2.31. The summed E-state index contributed by atoms with van der Waals surface area (Å²) in [4.78, 5) is 1.22. The summed E-state index contributed by atoms with van der Waals surface area (Å²) >= 11 is 7.68. The van der Waals surface area contributed by atoms with E-state index in [-0.39, 0.29) is 6.04 Å². The quantitative estimate of drug-likeness (QED) is 0.883. The lowest BCUT2D eigenvalue weighted by molar-refractivity contribution is -0.0281. The average molecular weight is 274 g/mol. The van der Waals surface area contributed by atoms with Crippen LogP contribution in [0.3, 0.4) is 0 Å². The van der Waals surface area contributed by atoms with Crippen LogP contribution in [-0.2, 0) is 4.74 Å². The van der Waals surface area contributed by atoms with Gasteiger partial charge in [0.1, 0.15) is 0 Å². The third-order valence-corrected chi connectivity index (χ3v) is 5.11. The van der Waals surface area contributed by atoms with E-state index in [1.54, 1.807) is 11.3 Å². The number of thiophene rings is 1. The third kappa shape index (κ3) is 3.22. The minimum Gasteiger partial charge on any atom is -0.378 e. The molecule has 1 aliphatic rings. The zero-order valence-corrected chi connectivity index (χ0v) is 12.0. The Bertz CT molecular complexity index is 354. The van der Waals surface area contributed by atoms with Crippen LogP contribution in [0, 0.1) is 12.8 Å². The average Bonchev–Trinajstić information content (AvgIpc) is 2.56. The fourth-order valence-electron chi connectivity index (χ4n) is 2.38. The second-order valence-electron chi connectivity index (χ2n) is 4.86. The molecule has 17 heavy (non-hydrogen) atoms. The molecule has 96 valence electrons. The van der Waals surface area contributed by atoms with Gasteiger partial charge in [0.25, 0.3) is 0 Å². The Balaban J connectivity index is 1.80. The van der Waals surface area contributed by atoms with Gasteiger partial charge in [-0.15, -0.1) is 11.3 Å². The summed E-state index contributed by atoms with van der Waals surface area (Å²) in [6, 6.07) is 2.26. The number of hydrogen-bond donors (Lipinski definition) is 1. The molecule has 1 unspecified atom stereocenters. The Morgan fingerprint density at radius 2 is 2.29 bits per heavy atom. The van der Waals surface area contributed by atoms with E-state index in [1.807, 2.05) is 6.92 Å². The standard InChI is InChI=1S/C13H20ClNOS/c1-3-16-10-5-9(6-10)7-11(15)12-4-8(2)13(14)17-12/h4,9-11H,3,5-7,15H2,1-2H3. The molecule has 2 rings (SSSR count). The maximum Gasteiger partial charge on any atom is 0.0960 e. The van der Waals surface area contributed by atoms with E-state index in [0.717, 1.165) is 28.8 Å². The molecule has 2 N–H and O–H groups in total. The van der Waals surface area contributed by atoms with Crippen molar-refractivity contribution in [1.29, 1.82) is 0 Å². The maximum atomic E-state index is 6.22. The van der Waals surface area contributed by atoms with E-state index in [1.165, 1.54) is 17.7 Å². The van der Waals surface area contributed by atoms with Gasteiger partial charge in [-0.25, -0.2) is 0 Å². The van der Waals surface area contributed by atoms with Crippen molar-refractivity contribution in [1.82, 2.24) is 0 Å². The summed E-state index contributed by atoms with van der Waals surface area (Å²) in [7, 11) is 0. The van der Waals surface area contributed by atoms with Crippen LogP contribution in [0.1, 0.15) is 42.7 Å². The molecule has 0 aliphatic heterocycles. The second-order valence-corrected chi connectivity index (χ2v) is 6.55. The van der Waals surface area contributed by atoms with Gasteiger partial charge in [-0.2, -0.15) is 0 Å². The van der Waals surface area contributed by atoms with Crippen molar-refractivity contribution >= 4 is 22.9 Å². The molecular weight excluding hydrogens is 254 g/mol. The first-order valence-electron chi connectivity index (χ1n) is 6.23. The van der Waals surface area contributed by atoms with Crippen molar-refractivity contribution in [3.05, 3.63) is 20.8 Å². The summed E-state index contributed by atoms with van der Waals surface area (Å²) in [5.74, 6) is 0.725. The van der Waals surface area contributed by atoms with Gasteiger partial charge < -0.3 is 10.5 Å². The number of aryl methyl sites for hydroxylation is 1. The molecule has 0 saturated heterocycles. The lowest BCUT2D eigenvalue weighted by atomic mass is 9.78. The van der Waals surface area contributed by atoms with Crippen LogP contribution >= 0.6 is 22.9 Å². The first-order valence-corrected chi connectivity index (χ1v) is 7.42. The van der Waals surface area contributed by atoms with Crippen LogP contribution in [-0.4, -0.2) is 12.7 Å². The fourth-order valence-corrected chi connectivity index (χ4v) is 3.61. The monoisotopic (exact) mass is 273 g/mol. The largest absolute Gasteiger partial charge is 0.378 e. The highest BCUT2D eigenvalue weighted by atomic mass is 35.5. The molecule has 0 spiro atoms. The van der Waals surface area contributed by atoms with E-state index in [0.29, 0.717) is 6.10 Å². The SMILES string of the molecule is CCOC1CC(CC(N)c2cc(C)c(Cl)s2)C1. The fraction of sp³-hybridized carbons (Fsp3) is 0.692. The van der Waals surface area contributed by atoms with Crippen LogP contribution in [0.5, 0.6) is 0 Å². The van der Waals surface area contributed by atoms with Gasteiger partial charge in [0.15, 0.2) is 0 Å². The third-order valence-electron chi connectivity index (χ3n) is 3.42. The first-order chi connectivity index (χ1) is 8.10. The minimum atomic E-state index is 0.138. The van der Waals surface area contributed by atoms with Crippen molar-refractivity contribution in [2.75, 3.05) is 6.61 Å². The van der Waals surface area contributed by atoms with E-state index >= 15 is 0 Å². The Kier molecular flexibility index (Phi) is 4.47. The van der Waals surface area contributed by atoms with Gasteiger partial charge in [-0.05, 0) is 50.7 Å². The molecule has 1 heterocycles. The van der Waals surface area contributed by atoms with Gasteiger partial charge in [-0.1, -0.05) is 11.6 Å². The Morgan fingerprint density at radius 3 is 2.82 bits per heavy atom. The zero-order chi connectivity index (χ0) is 12.4. The summed E-state index contributed by atoms with van der Waals surface area (Å²) in [6.45, 7) is 4.90. The number of halogens is 1. The lowest BCUT2D eigenvalue weighted by Gasteiger charge is -2.36. The molecule has 2 nitrogen and oxygen atoms in total. The van der Waals surface area contributed by atoms with E-state index in [4.69, 9.17) is 22.1 Å². The normalized spacial score (nSPS) is 25.6. The first kappa shape index (κ1) is 13.3. The van der Waals surface area contributed by atoms with Crippen LogP contribution in [0.4, 0.5) is 0 Å². The topological polar surface area (TPSA) is 35.2 Å². The maximum absolute atomic E-state index is 6.22. The molecule has 1 atom stereocenters. The zero-order valence-electron chi connectivity index (χ0n) is 10.4. The Labute approximate surface area is 112 Å². The summed E-state index contributed by atoms with van der Waals surface area (Å²) < 4.78 is 6.43. The second kappa shape index (κ2) is 5.70. The van der Waals surface area contributed by atoms with Crippen molar-refractivity contribution in [3.63, 3.8) is 0 Å². The van der Waals surface area contributed by atoms with E-state index in [9.17, 15) is 0 Å². The van der Waals surface area contributed by atoms with Gasteiger partial charge in [0, 0.05) is 17.5 Å². The van der Waals surface area contributed by atoms with Crippen molar-refractivity contribution < 1.29 is 4.74 Å². The Morgan fingerprint density at radius 1 is 1.59 bits per heavy atom.